The Morgan fingerprint density at radius 3 is 2.57 bits per heavy atom. The molecule has 1 aromatic heterocycles. The Hall–Kier alpha value is -2.90. The average Bonchev–Trinajstić information content (AvgIpc) is 2.71. The first kappa shape index (κ1) is 21.8. The predicted molar refractivity (Wildman–Crippen MR) is 120 cm³/mol. The number of nitrogens with zero attached hydrogens (tertiary/aromatic N) is 3. The van der Waals surface area contributed by atoms with Gasteiger partial charge in [-0.2, -0.15) is 5.10 Å². The highest BCUT2D eigenvalue weighted by Crippen LogP contribution is 2.16. The summed E-state index contributed by atoms with van der Waals surface area (Å²) in [5, 5.41) is 5.26. The summed E-state index contributed by atoms with van der Waals surface area (Å²) in [5.74, 6) is 0.706. The number of aryl methyl sites for hydroxylation is 2. The van der Waals surface area contributed by atoms with Crippen LogP contribution in [-0.4, -0.2) is 27.8 Å². The van der Waals surface area contributed by atoms with Crippen LogP contribution in [0.3, 0.4) is 0 Å². The monoisotopic (exact) mass is 440 g/mol. The third kappa shape index (κ3) is 7.17. The number of amides is 1. The molecule has 8 heteroatoms. The molecule has 1 N–H and O–H groups in total. The maximum atomic E-state index is 11.9. The van der Waals surface area contributed by atoms with Gasteiger partial charge < -0.3 is 4.74 Å². The highest BCUT2D eigenvalue weighted by atomic mass is 35.5. The Kier molecular flexibility index (Phi) is 7.82. The Bertz CT molecular complexity index is 1020. The highest BCUT2D eigenvalue weighted by molar-refractivity contribution is 7.99. The van der Waals surface area contributed by atoms with Crippen LogP contribution in [0, 0.1) is 13.8 Å². The number of ether oxygens (including phenoxy) is 1. The summed E-state index contributed by atoms with van der Waals surface area (Å²) in [6.45, 7) is 4.24. The molecule has 0 bridgehead atoms. The van der Waals surface area contributed by atoms with Crippen LogP contribution in [0.2, 0.25) is 5.02 Å². The lowest BCUT2D eigenvalue weighted by molar-refractivity contribution is -0.118. The number of benzene rings is 2. The molecule has 30 heavy (non-hydrogen) atoms. The van der Waals surface area contributed by atoms with E-state index in [0.29, 0.717) is 16.8 Å². The molecule has 2 aromatic carbocycles. The van der Waals surface area contributed by atoms with Crippen molar-refractivity contribution in [1.82, 2.24) is 15.4 Å². The summed E-state index contributed by atoms with van der Waals surface area (Å²) in [6, 6.07) is 16.9. The zero-order chi connectivity index (χ0) is 21.3. The van der Waals surface area contributed by atoms with E-state index in [-0.39, 0.29) is 11.7 Å². The third-order valence-corrected chi connectivity index (χ3v) is 4.95. The second kappa shape index (κ2) is 10.8. The number of aromatic nitrogens is 2. The number of carbonyl (C=O) groups excluding carboxylic acids is 1. The first-order valence-electron chi connectivity index (χ1n) is 9.22. The summed E-state index contributed by atoms with van der Waals surface area (Å²) in [4.78, 5) is 20.5. The van der Waals surface area contributed by atoms with Gasteiger partial charge in [0.15, 0.2) is 5.16 Å². The molecule has 0 spiro atoms. The van der Waals surface area contributed by atoms with Gasteiger partial charge in [-0.05, 0) is 67.4 Å². The molecular formula is C22H21ClN4O2S. The number of hydrogen-bond acceptors (Lipinski definition) is 6. The van der Waals surface area contributed by atoms with Crippen molar-refractivity contribution in [3.63, 3.8) is 0 Å². The minimum Gasteiger partial charge on any atom is -0.489 e. The molecule has 0 aliphatic rings. The van der Waals surface area contributed by atoms with Crippen LogP contribution in [0.1, 0.15) is 22.5 Å². The van der Waals surface area contributed by atoms with Gasteiger partial charge in [-0.3, -0.25) is 4.79 Å². The molecule has 0 unspecified atom stereocenters. The minimum atomic E-state index is -0.222. The molecule has 0 aliphatic heterocycles. The molecule has 0 radical (unpaired) electrons. The van der Waals surface area contributed by atoms with Gasteiger partial charge in [0.25, 0.3) is 5.91 Å². The quantitative estimate of drug-likeness (QED) is 0.240. The van der Waals surface area contributed by atoms with Gasteiger partial charge in [0.1, 0.15) is 12.4 Å². The highest BCUT2D eigenvalue weighted by Gasteiger charge is 2.05. The van der Waals surface area contributed by atoms with E-state index in [2.05, 4.69) is 20.5 Å². The van der Waals surface area contributed by atoms with Crippen LogP contribution in [0.5, 0.6) is 5.75 Å². The normalized spacial score (nSPS) is 10.9. The van der Waals surface area contributed by atoms with E-state index >= 15 is 0 Å². The first-order valence-corrected chi connectivity index (χ1v) is 10.6. The van der Waals surface area contributed by atoms with Crippen LogP contribution < -0.4 is 10.2 Å². The van der Waals surface area contributed by atoms with Crippen molar-refractivity contribution in [3.05, 3.63) is 82.1 Å². The number of hydrogen-bond donors (Lipinski definition) is 1. The van der Waals surface area contributed by atoms with E-state index in [0.717, 1.165) is 28.3 Å². The van der Waals surface area contributed by atoms with Crippen molar-refractivity contribution in [2.45, 2.75) is 25.6 Å². The molecule has 0 fully saturated rings. The summed E-state index contributed by atoms with van der Waals surface area (Å²) < 4.78 is 5.75. The van der Waals surface area contributed by atoms with E-state index in [1.807, 2.05) is 68.4 Å². The molecular weight excluding hydrogens is 420 g/mol. The summed E-state index contributed by atoms with van der Waals surface area (Å²) in [5.41, 5.74) is 6.11. The largest absolute Gasteiger partial charge is 0.489 e. The summed E-state index contributed by atoms with van der Waals surface area (Å²) in [6.07, 6.45) is 1.58. The number of thioether (sulfide) groups is 1. The fraction of sp³-hybridized carbons (Fsp3) is 0.182. The second-order valence-electron chi connectivity index (χ2n) is 6.50. The van der Waals surface area contributed by atoms with E-state index in [9.17, 15) is 4.79 Å². The van der Waals surface area contributed by atoms with E-state index < -0.39 is 0 Å². The van der Waals surface area contributed by atoms with E-state index in [1.54, 1.807) is 6.21 Å². The minimum absolute atomic E-state index is 0.191. The molecule has 0 atom stereocenters. The maximum absolute atomic E-state index is 11.9. The number of hydrazone groups is 1. The number of carbonyl (C=O) groups is 1. The fourth-order valence-electron chi connectivity index (χ4n) is 2.54. The molecule has 1 amide bonds. The molecule has 0 aliphatic carbocycles. The van der Waals surface area contributed by atoms with Gasteiger partial charge in [-0.15, -0.1) is 0 Å². The van der Waals surface area contributed by atoms with Crippen molar-refractivity contribution < 1.29 is 9.53 Å². The zero-order valence-electron chi connectivity index (χ0n) is 16.6. The third-order valence-electron chi connectivity index (χ3n) is 3.87. The smallest absolute Gasteiger partial charge is 0.250 e. The number of halogens is 1. The van der Waals surface area contributed by atoms with Gasteiger partial charge in [0.05, 0.1) is 12.0 Å². The standard InChI is InChI=1S/C22H21ClN4O2S/c1-15-10-16(2)26-22(25-15)30-14-21(28)27-24-12-17-6-8-20(9-7-17)29-13-18-4-3-5-19(23)11-18/h3-12H,13-14H2,1-2H3,(H,27,28)/b24-12-. The molecule has 0 saturated heterocycles. The van der Waals surface area contributed by atoms with Gasteiger partial charge in [0, 0.05) is 16.4 Å². The fourth-order valence-corrected chi connectivity index (χ4v) is 3.50. The second-order valence-corrected chi connectivity index (χ2v) is 7.88. The lowest BCUT2D eigenvalue weighted by Gasteiger charge is -2.06. The lowest BCUT2D eigenvalue weighted by atomic mass is 10.2. The molecule has 1 heterocycles. The van der Waals surface area contributed by atoms with Gasteiger partial charge >= 0.3 is 0 Å². The van der Waals surface area contributed by atoms with Crippen molar-refractivity contribution in [1.29, 1.82) is 0 Å². The Morgan fingerprint density at radius 2 is 1.87 bits per heavy atom. The zero-order valence-corrected chi connectivity index (χ0v) is 18.2. The van der Waals surface area contributed by atoms with Crippen LogP contribution in [0.15, 0.2) is 64.9 Å². The van der Waals surface area contributed by atoms with Crippen molar-refractivity contribution in [2.75, 3.05) is 5.75 Å². The molecule has 154 valence electrons. The lowest BCUT2D eigenvalue weighted by Crippen LogP contribution is -2.19. The topological polar surface area (TPSA) is 76.5 Å². The summed E-state index contributed by atoms with van der Waals surface area (Å²) >= 11 is 7.25. The Morgan fingerprint density at radius 1 is 1.13 bits per heavy atom. The predicted octanol–water partition coefficient (Wildman–Crippen LogP) is 4.57. The SMILES string of the molecule is Cc1cc(C)nc(SCC(=O)N/N=C\c2ccc(OCc3cccc(Cl)c3)cc2)n1. The van der Waals surface area contributed by atoms with Crippen molar-refractivity contribution in [3.8, 4) is 5.75 Å². The first-order chi connectivity index (χ1) is 14.5. The van der Waals surface area contributed by atoms with Crippen LogP contribution in [0.4, 0.5) is 0 Å². The van der Waals surface area contributed by atoms with Crippen LogP contribution >= 0.6 is 23.4 Å². The van der Waals surface area contributed by atoms with Crippen LogP contribution in [0.25, 0.3) is 0 Å². The Balaban J connectivity index is 1.43. The van der Waals surface area contributed by atoms with Gasteiger partial charge in [0.2, 0.25) is 0 Å². The molecule has 0 saturated carbocycles. The van der Waals surface area contributed by atoms with Gasteiger partial charge in [-0.25, -0.2) is 15.4 Å². The average molecular weight is 441 g/mol. The van der Waals surface area contributed by atoms with E-state index in [4.69, 9.17) is 16.3 Å². The number of rotatable bonds is 8. The van der Waals surface area contributed by atoms with Crippen molar-refractivity contribution in [2.24, 2.45) is 5.10 Å². The van der Waals surface area contributed by atoms with Crippen LogP contribution in [-0.2, 0) is 11.4 Å². The van der Waals surface area contributed by atoms with E-state index in [1.165, 1.54) is 11.8 Å². The number of nitrogens with one attached hydrogen (secondary N) is 1. The molecule has 6 nitrogen and oxygen atoms in total. The summed E-state index contributed by atoms with van der Waals surface area (Å²) in [7, 11) is 0. The molecule has 3 rings (SSSR count). The molecule has 3 aromatic rings. The Labute approximate surface area is 184 Å². The van der Waals surface area contributed by atoms with Crippen molar-refractivity contribution >= 4 is 35.5 Å². The maximum Gasteiger partial charge on any atom is 0.250 e. The van der Waals surface area contributed by atoms with Gasteiger partial charge in [-0.1, -0.05) is 35.5 Å².